The van der Waals surface area contributed by atoms with Gasteiger partial charge < -0.3 is 15.2 Å². The molecule has 5 unspecified atom stereocenters. The molecule has 1 aromatic rings. The van der Waals surface area contributed by atoms with Crippen molar-refractivity contribution in [1.29, 1.82) is 0 Å². The smallest absolute Gasteiger partial charge is 0.338 e. The molecule has 7 atom stereocenters. The third-order valence-electron chi connectivity index (χ3n) is 7.06. The van der Waals surface area contributed by atoms with E-state index in [4.69, 9.17) is 4.74 Å². The number of aliphatic hydroxyl groups is 1. The fourth-order valence-corrected chi connectivity index (χ4v) is 5.64. The zero-order chi connectivity index (χ0) is 21.3. The minimum atomic E-state index is -1.37. The Balaban J connectivity index is 1.51. The lowest BCUT2D eigenvalue weighted by Crippen LogP contribution is -2.53. The van der Waals surface area contributed by atoms with Crippen LogP contribution in [0.15, 0.2) is 48.7 Å². The molecule has 160 valence electrons. The number of aromatic nitrogens is 1. The Kier molecular flexibility index (Phi) is 5.83. The number of allylic oxidation sites excluding steroid dienone is 3. The van der Waals surface area contributed by atoms with Crippen LogP contribution < -0.4 is 5.32 Å². The predicted molar refractivity (Wildman–Crippen MR) is 119 cm³/mol. The van der Waals surface area contributed by atoms with Gasteiger partial charge in [0.2, 0.25) is 0 Å². The van der Waals surface area contributed by atoms with Gasteiger partial charge in [-0.15, -0.1) is 0 Å². The lowest BCUT2D eigenvalue weighted by molar-refractivity contribution is -0.160. The summed E-state index contributed by atoms with van der Waals surface area (Å²) in [6.45, 7) is 6.22. The maximum Gasteiger partial charge on any atom is 0.338 e. The summed E-state index contributed by atoms with van der Waals surface area (Å²) in [7, 11) is 0. The number of nitrogens with zero attached hydrogens (tertiary/aromatic N) is 1. The van der Waals surface area contributed by atoms with E-state index in [0.29, 0.717) is 18.4 Å². The number of rotatable bonds is 5. The molecule has 2 aliphatic carbocycles. The van der Waals surface area contributed by atoms with Gasteiger partial charge in [0.15, 0.2) is 5.60 Å². The van der Waals surface area contributed by atoms with Crippen molar-refractivity contribution in [3.05, 3.63) is 54.4 Å². The Morgan fingerprint density at radius 2 is 2.17 bits per heavy atom. The van der Waals surface area contributed by atoms with E-state index in [1.54, 1.807) is 0 Å². The molecule has 2 heterocycles. The average Bonchev–Trinajstić information content (AvgIpc) is 2.95. The van der Waals surface area contributed by atoms with Crippen molar-refractivity contribution in [2.45, 2.75) is 57.8 Å². The molecule has 0 bridgehead atoms. The van der Waals surface area contributed by atoms with Gasteiger partial charge in [-0.05, 0) is 55.7 Å². The van der Waals surface area contributed by atoms with Crippen LogP contribution in [0.1, 0.15) is 45.7 Å². The maximum atomic E-state index is 12.4. The van der Waals surface area contributed by atoms with Gasteiger partial charge in [-0.1, -0.05) is 50.6 Å². The normalized spacial score (nSPS) is 37.9. The van der Waals surface area contributed by atoms with Crippen LogP contribution in [0.25, 0.3) is 6.08 Å². The molecule has 0 amide bonds. The standard InChI is InChI=1S/C25H32N2O3/c1-4-21-16(2)14-25(29)23(17(3)30-24(25)28)22(21)13-12-18-10-11-20(15-26-18)27-19-8-6-5-7-9-19/h5-8,10-13,15-17,19,21-23,27,29H,4,9,14H2,1-3H3/b13-12+/t16-,17?,19?,21+,22?,23?,25?/m0/s1. The highest BCUT2D eigenvalue weighted by atomic mass is 16.6. The lowest BCUT2D eigenvalue weighted by Gasteiger charge is -2.45. The molecular weight excluding hydrogens is 376 g/mol. The number of nitrogens with one attached hydrogen (secondary N) is 1. The highest BCUT2D eigenvalue weighted by Crippen LogP contribution is 2.52. The van der Waals surface area contributed by atoms with Gasteiger partial charge in [-0.25, -0.2) is 4.79 Å². The van der Waals surface area contributed by atoms with Crippen LogP contribution in [-0.2, 0) is 9.53 Å². The molecule has 1 aliphatic heterocycles. The zero-order valence-electron chi connectivity index (χ0n) is 18.0. The number of esters is 1. The van der Waals surface area contributed by atoms with Gasteiger partial charge in [-0.2, -0.15) is 0 Å². The second kappa shape index (κ2) is 8.38. The Morgan fingerprint density at radius 1 is 1.33 bits per heavy atom. The number of anilines is 1. The van der Waals surface area contributed by atoms with Crippen LogP contribution in [0.4, 0.5) is 5.69 Å². The van der Waals surface area contributed by atoms with Crippen molar-refractivity contribution < 1.29 is 14.6 Å². The molecule has 1 saturated heterocycles. The quantitative estimate of drug-likeness (QED) is 0.708. The molecule has 5 nitrogen and oxygen atoms in total. The number of carbonyl (C=O) groups is 1. The SMILES string of the molecule is CC[C@H]1C(/C=C/c2ccc(NC3C=CC=CC3)cn2)C2C(C)OC(=O)C2(O)C[C@@H]1C. The first-order valence-corrected chi connectivity index (χ1v) is 11.1. The molecule has 0 spiro atoms. The summed E-state index contributed by atoms with van der Waals surface area (Å²) >= 11 is 0. The van der Waals surface area contributed by atoms with E-state index in [0.717, 1.165) is 24.2 Å². The maximum absolute atomic E-state index is 12.4. The highest BCUT2D eigenvalue weighted by molar-refractivity contribution is 5.82. The summed E-state index contributed by atoms with van der Waals surface area (Å²) in [5.74, 6) is 0.0508. The number of pyridine rings is 1. The number of hydrogen-bond acceptors (Lipinski definition) is 5. The van der Waals surface area contributed by atoms with E-state index in [2.05, 4.69) is 54.5 Å². The van der Waals surface area contributed by atoms with Crippen LogP contribution in [0.3, 0.4) is 0 Å². The number of ether oxygens (including phenoxy) is 1. The number of hydrogen-bond donors (Lipinski definition) is 2. The van der Waals surface area contributed by atoms with Gasteiger partial charge >= 0.3 is 5.97 Å². The van der Waals surface area contributed by atoms with Gasteiger partial charge in [0, 0.05) is 12.0 Å². The third kappa shape index (κ3) is 3.83. The summed E-state index contributed by atoms with van der Waals surface area (Å²) in [5.41, 5.74) is 0.490. The van der Waals surface area contributed by atoms with Crippen molar-refractivity contribution in [1.82, 2.24) is 4.98 Å². The Morgan fingerprint density at radius 3 is 2.83 bits per heavy atom. The minimum Gasteiger partial charge on any atom is -0.460 e. The molecule has 2 fully saturated rings. The van der Waals surface area contributed by atoms with Gasteiger partial charge in [-0.3, -0.25) is 4.98 Å². The second-order valence-corrected chi connectivity index (χ2v) is 9.02. The fourth-order valence-electron chi connectivity index (χ4n) is 5.64. The molecule has 4 rings (SSSR count). The Bertz CT molecular complexity index is 860. The molecule has 0 aromatic carbocycles. The van der Waals surface area contributed by atoms with Crippen molar-refractivity contribution in [3.8, 4) is 0 Å². The summed E-state index contributed by atoms with van der Waals surface area (Å²) < 4.78 is 5.47. The van der Waals surface area contributed by atoms with Crippen molar-refractivity contribution in [2.24, 2.45) is 23.7 Å². The van der Waals surface area contributed by atoms with E-state index in [1.807, 2.05) is 31.3 Å². The first kappa shape index (κ1) is 20.9. The molecule has 3 aliphatic rings. The van der Waals surface area contributed by atoms with Crippen LogP contribution in [0.2, 0.25) is 0 Å². The van der Waals surface area contributed by atoms with Crippen LogP contribution >= 0.6 is 0 Å². The summed E-state index contributed by atoms with van der Waals surface area (Å²) in [4.78, 5) is 17.0. The largest absolute Gasteiger partial charge is 0.460 e. The first-order valence-electron chi connectivity index (χ1n) is 11.1. The molecule has 0 radical (unpaired) electrons. The molecule has 2 N–H and O–H groups in total. The van der Waals surface area contributed by atoms with Crippen molar-refractivity contribution in [2.75, 3.05) is 5.32 Å². The molecule has 5 heteroatoms. The van der Waals surface area contributed by atoms with E-state index < -0.39 is 11.6 Å². The Hall–Kier alpha value is -2.40. The molecule has 1 saturated carbocycles. The predicted octanol–water partition coefficient (Wildman–Crippen LogP) is 4.37. The van der Waals surface area contributed by atoms with E-state index >= 15 is 0 Å². The van der Waals surface area contributed by atoms with Crippen molar-refractivity contribution in [3.63, 3.8) is 0 Å². The van der Waals surface area contributed by atoms with Gasteiger partial charge in [0.05, 0.1) is 17.6 Å². The molecule has 30 heavy (non-hydrogen) atoms. The lowest BCUT2D eigenvalue weighted by atomic mass is 9.59. The number of fused-ring (bicyclic) bond motifs is 1. The average molecular weight is 409 g/mol. The van der Waals surface area contributed by atoms with Crippen LogP contribution in [0, 0.1) is 23.7 Å². The topological polar surface area (TPSA) is 71.5 Å². The summed E-state index contributed by atoms with van der Waals surface area (Å²) in [6, 6.07) is 4.34. The highest BCUT2D eigenvalue weighted by Gasteiger charge is 2.62. The summed E-state index contributed by atoms with van der Waals surface area (Å²) in [6.07, 6.45) is 16.6. The monoisotopic (exact) mass is 408 g/mol. The van der Waals surface area contributed by atoms with Gasteiger partial charge in [0.1, 0.15) is 6.10 Å². The first-order chi connectivity index (χ1) is 14.4. The number of cyclic esters (lactones) is 1. The van der Waals surface area contributed by atoms with E-state index in [9.17, 15) is 9.90 Å². The summed E-state index contributed by atoms with van der Waals surface area (Å²) in [5, 5.41) is 14.6. The van der Waals surface area contributed by atoms with E-state index in [-0.39, 0.29) is 23.9 Å². The fraction of sp³-hybridized carbons (Fsp3) is 0.520. The zero-order valence-corrected chi connectivity index (χ0v) is 18.0. The minimum absolute atomic E-state index is 0.0731. The molecule has 1 aromatic heterocycles. The molecular formula is C25H32N2O3. The van der Waals surface area contributed by atoms with Crippen molar-refractivity contribution >= 4 is 17.7 Å². The van der Waals surface area contributed by atoms with E-state index in [1.165, 1.54) is 0 Å². The number of carbonyl (C=O) groups excluding carboxylic acids is 1. The van der Waals surface area contributed by atoms with Crippen LogP contribution in [0.5, 0.6) is 0 Å². The second-order valence-electron chi connectivity index (χ2n) is 9.02. The third-order valence-corrected chi connectivity index (χ3v) is 7.06. The van der Waals surface area contributed by atoms with Crippen LogP contribution in [-0.4, -0.2) is 33.8 Å². The van der Waals surface area contributed by atoms with Gasteiger partial charge in [0.25, 0.3) is 0 Å². The Labute approximate surface area is 178 Å².